The van der Waals surface area contributed by atoms with Crippen LogP contribution in [0, 0.1) is 6.92 Å². The maximum atomic E-state index is 12.5. The van der Waals surface area contributed by atoms with Gasteiger partial charge in [-0.05, 0) is 42.7 Å². The van der Waals surface area contributed by atoms with E-state index >= 15 is 0 Å². The van der Waals surface area contributed by atoms with Gasteiger partial charge in [-0.15, -0.1) is 0 Å². The van der Waals surface area contributed by atoms with Gasteiger partial charge in [0.2, 0.25) is 15.9 Å². The number of nitrogens with one attached hydrogen (secondary N) is 1. The third-order valence-corrected chi connectivity index (χ3v) is 7.44. The molecule has 1 N–H and O–H groups in total. The summed E-state index contributed by atoms with van der Waals surface area (Å²) in [5, 5.41) is 2.99. The lowest BCUT2D eigenvalue weighted by molar-refractivity contribution is -0.121. The minimum Gasteiger partial charge on any atom is -0.352 e. The highest BCUT2D eigenvalue weighted by molar-refractivity contribution is 7.89. The fourth-order valence-corrected chi connectivity index (χ4v) is 4.53. The van der Waals surface area contributed by atoms with E-state index in [0.717, 1.165) is 41.9 Å². The summed E-state index contributed by atoms with van der Waals surface area (Å²) in [6.07, 6.45) is 2.83. The zero-order chi connectivity index (χ0) is 23.3. The predicted molar refractivity (Wildman–Crippen MR) is 127 cm³/mol. The Morgan fingerprint density at radius 3 is 2.59 bits per heavy atom. The molecular formula is C24H32N4O3S. The number of benzene rings is 2. The van der Waals surface area contributed by atoms with E-state index in [-0.39, 0.29) is 10.8 Å². The van der Waals surface area contributed by atoms with Crippen LogP contribution in [0.5, 0.6) is 0 Å². The molecule has 172 valence electrons. The van der Waals surface area contributed by atoms with Crippen molar-refractivity contribution in [2.45, 2.75) is 57.5 Å². The van der Waals surface area contributed by atoms with Gasteiger partial charge < -0.3 is 9.88 Å². The first-order valence-corrected chi connectivity index (χ1v) is 12.4. The van der Waals surface area contributed by atoms with Gasteiger partial charge in [0.05, 0.1) is 15.9 Å². The molecule has 0 spiro atoms. The molecule has 0 saturated carbocycles. The van der Waals surface area contributed by atoms with E-state index < -0.39 is 10.0 Å². The maximum Gasteiger partial charge on any atom is 0.242 e. The second kappa shape index (κ2) is 10.3. The molecule has 1 amide bonds. The van der Waals surface area contributed by atoms with Gasteiger partial charge >= 0.3 is 0 Å². The molecule has 0 aliphatic rings. The first kappa shape index (κ1) is 23.9. The molecule has 8 heteroatoms. The van der Waals surface area contributed by atoms with Crippen molar-refractivity contribution >= 4 is 27.0 Å². The molecule has 3 rings (SSSR count). The highest BCUT2D eigenvalue weighted by Crippen LogP contribution is 2.23. The molecular weight excluding hydrogens is 424 g/mol. The van der Waals surface area contributed by atoms with E-state index in [1.807, 2.05) is 37.3 Å². The Kier molecular flexibility index (Phi) is 7.69. The molecule has 0 bridgehead atoms. The lowest BCUT2D eigenvalue weighted by Gasteiger charge is -2.12. The Morgan fingerprint density at radius 1 is 1.16 bits per heavy atom. The van der Waals surface area contributed by atoms with Crippen molar-refractivity contribution in [1.82, 2.24) is 19.2 Å². The van der Waals surface area contributed by atoms with Gasteiger partial charge in [-0.2, -0.15) is 0 Å². The van der Waals surface area contributed by atoms with Crippen molar-refractivity contribution < 1.29 is 13.2 Å². The minimum absolute atomic E-state index is 0.0294. The van der Waals surface area contributed by atoms with E-state index in [1.165, 1.54) is 18.4 Å². The molecule has 32 heavy (non-hydrogen) atoms. The first-order valence-electron chi connectivity index (χ1n) is 11.0. The van der Waals surface area contributed by atoms with Crippen LogP contribution < -0.4 is 5.32 Å². The number of aryl methyl sites for hydroxylation is 3. The predicted octanol–water partition coefficient (Wildman–Crippen LogP) is 3.64. The summed E-state index contributed by atoms with van der Waals surface area (Å²) in [6, 6.07) is 13.1. The summed E-state index contributed by atoms with van der Waals surface area (Å²) in [7, 11) is -0.503. The number of hydrogen-bond acceptors (Lipinski definition) is 4. The number of fused-ring (bicyclic) bond motifs is 1. The van der Waals surface area contributed by atoms with Gasteiger partial charge in [0.1, 0.15) is 5.82 Å². The van der Waals surface area contributed by atoms with Crippen molar-refractivity contribution in [2.24, 2.45) is 0 Å². The van der Waals surface area contributed by atoms with Crippen molar-refractivity contribution in [2.75, 3.05) is 14.1 Å². The molecule has 1 aromatic heterocycles. The van der Waals surface area contributed by atoms with Crippen molar-refractivity contribution in [1.29, 1.82) is 0 Å². The van der Waals surface area contributed by atoms with Crippen LogP contribution in [0.15, 0.2) is 47.4 Å². The highest BCUT2D eigenvalue weighted by atomic mass is 32.2. The summed E-state index contributed by atoms with van der Waals surface area (Å²) in [4.78, 5) is 17.4. The molecule has 0 aliphatic heterocycles. The Balaban J connectivity index is 1.78. The Morgan fingerprint density at radius 2 is 1.91 bits per heavy atom. The second-order valence-electron chi connectivity index (χ2n) is 8.17. The summed E-state index contributed by atoms with van der Waals surface area (Å²) in [6.45, 7) is 5.44. The Hall–Kier alpha value is -2.71. The van der Waals surface area contributed by atoms with Crippen LogP contribution in [-0.4, -0.2) is 42.3 Å². The third-order valence-electron chi connectivity index (χ3n) is 5.63. The van der Waals surface area contributed by atoms with Crippen molar-refractivity contribution in [3.8, 4) is 0 Å². The van der Waals surface area contributed by atoms with Crippen LogP contribution in [0.25, 0.3) is 11.0 Å². The normalized spacial score (nSPS) is 11.9. The molecule has 0 atom stereocenters. The molecule has 1 heterocycles. The zero-order valence-corrected chi connectivity index (χ0v) is 20.1. The third kappa shape index (κ3) is 5.37. The molecule has 0 radical (unpaired) electrons. The number of rotatable bonds is 10. The molecule has 3 aromatic rings. The molecule has 2 aromatic carbocycles. The highest BCUT2D eigenvalue weighted by Gasteiger charge is 2.20. The standard InChI is InChI=1S/C24H32N4O3S/c1-5-6-15-28-22-12-11-20(32(30,31)27(3)4)16-21(22)26-23(28)13-14-24(29)25-17-19-10-8-7-9-18(19)2/h7-12,16H,5-6,13-15,17H2,1-4H3,(H,25,29). The quantitative estimate of drug-likeness (QED) is 0.505. The number of unbranched alkanes of at least 4 members (excludes halogenated alkanes) is 1. The van der Waals surface area contributed by atoms with E-state index in [4.69, 9.17) is 4.98 Å². The number of amides is 1. The van der Waals surface area contributed by atoms with Gasteiger partial charge in [0, 0.05) is 40.0 Å². The van der Waals surface area contributed by atoms with Gasteiger partial charge in [-0.25, -0.2) is 17.7 Å². The van der Waals surface area contributed by atoms with Crippen molar-refractivity contribution in [3.05, 3.63) is 59.4 Å². The molecule has 0 fully saturated rings. The number of carbonyl (C=O) groups is 1. The van der Waals surface area contributed by atoms with E-state index in [1.54, 1.807) is 12.1 Å². The summed E-state index contributed by atoms with van der Waals surface area (Å²) in [5.74, 6) is 0.775. The van der Waals surface area contributed by atoms with Crippen LogP contribution in [0.1, 0.15) is 43.1 Å². The zero-order valence-electron chi connectivity index (χ0n) is 19.3. The van der Waals surface area contributed by atoms with E-state index in [0.29, 0.717) is 24.9 Å². The largest absolute Gasteiger partial charge is 0.352 e. The van der Waals surface area contributed by atoms with E-state index in [9.17, 15) is 13.2 Å². The Labute approximate surface area is 190 Å². The van der Waals surface area contributed by atoms with Gasteiger partial charge in [-0.3, -0.25) is 4.79 Å². The van der Waals surface area contributed by atoms with Gasteiger partial charge in [-0.1, -0.05) is 37.6 Å². The van der Waals surface area contributed by atoms with Crippen LogP contribution in [0.4, 0.5) is 0 Å². The van der Waals surface area contributed by atoms with Gasteiger partial charge in [0.25, 0.3) is 0 Å². The fraction of sp³-hybridized carbons (Fsp3) is 0.417. The van der Waals surface area contributed by atoms with Crippen LogP contribution in [0.3, 0.4) is 0 Å². The lowest BCUT2D eigenvalue weighted by atomic mass is 10.1. The second-order valence-corrected chi connectivity index (χ2v) is 10.3. The Bertz CT molecular complexity index is 1200. The maximum absolute atomic E-state index is 12.5. The number of carbonyl (C=O) groups excluding carboxylic acids is 1. The number of sulfonamides is 1. The summed E-state index contributed by atoms with van der Waals surface area (Å²) >= 11 is 0. The topological polar surface area (TPSA) is 84.3 Å². The number of aromatic nitrogens is 2. The first-order chi connectivity index (χ1) is 15.2. The monoisotopic (exact) mass is 456 g/mol. The fourth-order valence-electron chi connectivity index (χ4n) is 3.60. The average molecular weight is 457 g/mol. The number of imidazole rings is 1. The minimum atomic E-state index is -3.53. The molecule has 0 saturated heterocycles. The molecule has 7 nitrogen and oxygen atoms in total. The van der Waals surface area contributed by atoms with Crippen LogP contribution in [0.2, 0.25) is 0 Å². The summed E-state index contributed by atoms with van der Waals surface area (Å²) < 4.78 is 28.3. The van der Waals surface area contributed by atoms with Gasteiger partial charge in [0.15, 0.2) is 0 Å². The summed E-state index contributed by atoms with van der Waals surface area (Å²) in [5.41, 5.74) is 3.79. The average Bonchev–Trinajstić information content (AvgIpc) is 3.12. The van der Waals surface area contributed by atoms with E-state index in [2.05, 4.69) is 16.8 Å². The van der Waals surface area contributed by atoms with Crippen LogP contribution >= 0.6 is 0 Å². The van der Waals surface area contributed by atoms with Crippen LogP contribution in [-0.2, 0) is 34.3 Å². The molecule has 0 unspecified atom stereocenters. The number of hydrogen-bond donors (Lipinski definition) is 1. The smallest absolute Gasteiger partial charge is 0.242 e. The van der Waals surface area contributed by atoms with Crippen molar-refractivity contribution in [3.63, 3.8) is 0 Å². The molecule has 0 aliphatic carbocycles. The number of nitrogens with zero attached hydrogens (tertiary/aromatic N) is 3. The lowest BCUT2D eigenvalue weighted by Crippen LogP contribution is -2.23. The SMILES string of the molecule is CCCCn1c(CCC(=O)NCc2ccccc2C)nc2cc(S(=O)(=O)N(C)C)ccc21.